The number of rotatable bonds is 6. The predicted molar refractivity (Wildman–Crippen MR) is 165 cm³/mol. The Kier molecular flexibility index (Phi) is 7.68. The molecule has 3 aliphatic rings. The van der Waals surface area contributed by atoms with E-state index in [1.807, 2.05) is 0 Å². The maximum Gasteiger partial charge on any atom is 0.337 e. The number of aliphatic hydroxyl groups excluding tert-OH is 2. The van der Waals surface area contributed by atoms with E-state index < -0.39 is 75.7 Å². The van der Waals surface area contributed by atoms with Crippen LogP contribution in [0.5, 0.6) is 5.75 Å². The lowest BCUT2D eigenvalue weighted by Gasteiger charge is -2.50. The number of likely N-dealkylation sites (N-methyl/N-ethyl adjacent to an activating group) is 1. The van der Waals surface area contributed by atoms with E-state index in [-0.39, 0.29) is 41.0 Å². The molecule has 0 spiro atoms. The number of ether oxygens (including phenoxy) is 1. The van der Waals surface area contributed by atoms with Gasteiger partial charge in [-0.05, 0) is 73.8 Å². The number of nitrogens with zero attached hydrogens (tertiary/aromatic N) is 2. The van der Waals surface area contributed by atoms with E-state index in [1.165, 1.54) is 62.6 Å². The molecule has 0 aliphatic heterocycles. The number of methoxy groups -OCH3 is 1. The Labute approximate surface area is 271 Å². The molecular weight excluding hydrogens is 628 g/mol. The van der Waals surface area contributed by atoms with Crippen molar-refractivity contribution in [3.8, 4) is 16.9 Å². The maximum atomic E-state index is 14.1. The maximum absolute atomic E-state index is 14.1. The second kappa shape index (κ2) is 11.5. The SMILES string of the molecule is COC(=O)c1cc(NC(=O)c2ccno2)cc(-c2ccc(O)c3c2C[C@@H]2C[C@@H]4[C@@H](N(C)C)C(=O)C(C(N)=O)=C(O)[C@]4(O)C(=O)C2=C3O)c1. The van der Waals surface area contributed by atoms with Crippen LogP contribution < -0.4 is 11.1 Å². The number of Topliss-reactive ketones (excluding diaryl/α,β-unsaturated/α-hetero) is 2. The lowest BCUT2D eigenvalue weighted by atomic mass is 9.57. The Morgan fingerprint density at radius 1 is 1.10 bits per heavy atom. The van der Waals surface area contributed by atoms with Gasteiger partial charge in [0.15, 0.2) is 11.4 Å². The average Bonchev–Trinajstić information content (AvgIpc) is 3.57. The second-order valence-electron chi connectivity index (χ2n) is 12.1. The number of benzene rings is 2. The summed E-state index contributed by atoms with van der Waals surface area (Å²) >= 11 is 0. The smallest absolute Gasteiger partial charge is 0.337 e. The van der Waals surface area contributed by atoms with Gasteiger partial charge in [0, 0.05) is 23.2 Å². The molecule has 7 N–H and O–H groups in total. The van der Waals surface area contributed by atoms with E-state index in [1.54, 1.807) is 6.07 Å². The number of ketones is 2. The zero-order chi connectivity index (χ0) is 34.8. The standard InChI is InChI=1S/C33H30N4O11/c1-37(2)25-19-12-14-11-18-17(13-8-15(32(45)47-3)10-16(9-13)36-31(44)21-6-7-35-48-21)4-5-20(38)23(18)26(39)22(14)28(41)33(19,46)29(42)24(27(25)40)30(34)43/h4-10,14,19,25,38-39,42,46H,11-12H2,1-3H3,(H2,34,43)(H,36,44)/t14-,19-,25-,33-/m1/s1. The highest BCUT2D eigenvalue weighted by molar-refractivity contribution is 6.24. The number of aromatic hydroxyl groups is 1. The van der Waals surface area contributed by atoms with Crippen molar-refractivity contribution >= 4 is 40.8 Å². The number of hydrogen-bond acceptors (Lipinski definition) is 13. The highest BCUT2D eigenvalue weighted by atomic mass is 16.5. The molecule has 1 heterocycles. The summed E-state index contributed by atoms with van der Waals surface area (Å²) in [5.74, 6) is -9.15. The molecule has 4 atom stereocenters. The Balaban J connectivity index is 1.51. The number of nitrogens with two attached hydrogens (primary N) is 1. The highest BCUT2D eigenvalue weighted by Crippen LogP contribution is 2.53. The van der Waals surface area contributed by atoms with Crippen molar-refractivity contribution in [1.82, 2.24) is 10.1 Å². The Hall–Kier alpha value is -5.80. The van der Waals surface area contributed by atoms with Gasteiger partial charge in [0.25, 0.3) is 11.8 Å². The van der Waals surface area contributed by atoms with Crippen molar-refractivity contribution in [2.45, 2.75) is 24.5 Å². The molecule has 248 valence electrons. The number of amides is 2. The number of primary amides is 1. The molecule has 0 radical (unpaired) electrons. The van der Waals surface area contributed by atoms with Gasteiger partial charge in [0.2, 0.25) is 11.5 Å². The van der Waals surface area contributed by atoms with Crippen LogP contribution in [0.2, 0.25) is 0 Å². The number of phenols is 1. The number of aliphatic hydroxyl groups is 3. The summed E-state index contributed by atoms with van der Waals surface area (Å²) in [6.07, 6.45) is 1.18. The lowest BCUT2D eigenvalue weighted by molar-refractivity contribution is -0.153. The molecule has 48 heavy (non-hydrogen) atoms. The molecule has 15 nitrogen and oxygen atoms in total. The minimum atomic E-state index is -2.77. The van der Waals surface area contributed by atoms with Crippen LogP contribution in [0.3, 0.4) is 0 Å². The molecule has 1 fully saturated rings. The van der Waals surface area contributed by atoms with E-state index in [4.69, 9.17) is 15.0 Å². The monoisotopic (exact) mass is 658 g/mol. The van der Waals surface area contributed by atoms with Crippen LogP contribution >= 0.6 is 0 Å². The highest BCUT2D eigenvalue weighted by Gasteiger charge is 2.64. The van der Waals surface area contributed by atoms with Crippen LogP contribution in [-0.2, 0) is 25.5 Å². The minimum Gasteiger partial charge on any atom is -0.508 e. The molecular formula is C33H30N4O11. The number of esters is 1. The Morgan fingerprint density at radius 2 is 1.83 bits per heavy atom. The summed E-state index contributed by atoms with van der Waals surface area (Å²) in [6.45, 7) is 0. The minimum absolute atomic E-state index is 0.000477. The van der Waals surface area contributed by atoms with Crippen LogP contribution in [0.4, 0.5) is 5.69 Å². The molecule has 0 saturated heterocycles. The van der Waals surface area contributed by atoms with Gasteiger partial charge in [0.1, 0.15) is 22.8 Å². The fraction of sp³-hybridized carbons (Fsp3) is 0.273. The molecule has 0 bridgehead atoms. The molecule has 15 heteroatoms. The van der Waals surface area contributed by atoms with Crippen LogP contribution in [0, 0.1) is 11.8 Å². The van der Waals surface area contributed by atoms with Crippen molar-refractivity contribution in [2.75, 3.05) is 26.5 Å². The van der Waals surface area contributed by atoms with Crippen molar-refractivity contribution in [3.05, 3.63) is 82.0 Å². The first-order chi connectivity index (χ1) is 22.7. The number of carbonyl (C=O) groups is 5. The van der Waals surface area contributed by atoms with Crippen molar-refractivity contribution in [2.24, 2.45) is 17.6 Å². The van der Waals surface area contributed by atoms with Gasteiger partial charge in [-0.1, -0.05) is 11.2 Å². The molecule has 3 aliphatic carbocycles. The van der Waals surface area contributed by atoms with Gasteiger partial charge in [0.05, 0.1) is 30.5 Å². The molecule has 0 unspecified atom stereocenters. The van der Waals surface area contributed by atoms with E-state index in [0.29, 0.717) is 16.7 Å². The molecule has 1 aromatic heterocycles. The van der Waals surface area contributed by atoms with Gasteiger partial charge < -0.3 is 40.7 Å². The van der Waals surface area contributed by atoms with Gasteiger partial charge in [-0.15, -0.1) is 0 Å². The lowest BCUT2D eigenvalue weighted by Crippen LogP contribution is -2.65. The molecule has 6 rings (SSSR count). The third-order valence-corrected chi connectivity index (χ3v) is 9.19. The zero-order valence-electron chi connectivity index (χ0n) is 25.8. The van der Waals surface area contributed by atoms with E-state index in [9.17, 15) is 44.4 Å². The molecule has 2 aromatic carbocycles. The first-order valence-electron chi connectivity index (χ1n) is 14.7. The number of aromatic nitrogens is 1. The normalized spacial score (nSPS) is 23.4. The van der Waals surface area contributed by atoms with Crippen LogP contribution in [0.25, 0.3) is 16.9 Å². The third-order valence-electron chi connectivity index (χ3n) is 9.19. The third kappa shape index (κ3) is 4.74. The summed E-state index contributed by atoms with van der Waals surface area (Å²) in [6, 6.07) is 7.32. The predicted octanol–water partition coefficient (Wildman–Crippen LogP) is 1.66. The summed E-state index contributed by atoms with van der Waals surface area (Å²) < 4.78 is 9.82. The number of carbonyl (C=O) groups excluding carboxylic acids is 5. The fourth-order valence-corrected chi connectivity index (χ4v) is 7.13. The molecule has 2 amide bonds. The van der Waals surface area contributed by atoms with Gasteiger partial charge in [-0.3, -0.25) is 24.1 Å². The second-order valence-corrected chi connectivity index (χ2v) is 12.1. The number of nitrogens with one attached hydrogen (secondary N) is 1. The van der Waals surface area contributed by atoms with Gasteiger partial charge in [-0.25, -0.2) is 4.79 Å². The topological polar surface area (TPSA) is 243 Å². The molecule has 1 saturated carbocycles. The van der Waals surface area contributed by atoms with E-state index in [2.05, 4.69) is 10.5 Å². The quantitative estimate of drug-likeness (QED) is 0.163. The molecule has 3 aromatic rings. The van der Waals surface area contributed by atoms with E-state index in [0.717, 1.165) is 0 Å². The van der Waals surface area contributed by atoms with E-state index >= 15 is 0 Å². The number of anilines is 1. The number of phenolic OH excluding ortho intramolecular Hbond substituents is 1. The summed E-state index contributed by atoms with van der Waals surface area (Å²) in [4.78, 5) is 66.5. The zero-order valence-corrected chi connectivity index (χ0v) is 25.8. The van der Waals surface area contributed by atoms with Crippen LogP contribution in [-0.4, -0.2) is 92.7 Å². The van der Waals surface area contributed by atoms with Crippen molar-refractivity contribution < 1.29 is 53.7 Å². The number of hydrogen-bond donors (Lipinski definition) is 6. The summed E-state index contributed by atoms with van der Waals surface area (Å²) in [5.41, 5.74) is 2.61. The number of fused-ring (bicyclic) bond motifs is 3. The average molecular weight is 659 g/mol. The largest absolute Gasteiger partial charge is 0.508 e. The first-order valence-corrected chi connectivity index (χ1v) is 14.7. The van der Waals surface area contributed by atoms with Crippen molar-refractivity contribution in [1.29, 1.82) is 0 Å². The first kappa shape index (κ1) is 32.2. The Morgan fingerprint density at radius 3 is 2.46 bits per heavy atom. The summed E-state index contributed by atoms with van der Waals surface area (Å²) in [5, 5.41) is 51.6. The van der Waals surface area contributed by atoms with Crippen LogP contribution in [0.1, 0.15) is 38.5 Å². The fourth-order valence-electron chi connectivity index (χ4n) is 7.13. The van der Waals surface area contributed by atoms with Crippen LogP contribution in [0.15, 0.2) is 64.0 Å². The Bertz CT molecular complexity index is 2000. The summed E-state index contributed by atoms with van der Waals surface area (Å²) in [7, 11) is 4.21. The van der Waals surface area contributed by atoms with Gasteiger partial charge in [-0.2, -0.15) is 0 Å². The van der Waals surface area contributed by atoms with Crippen molar-refractivity contribution in [3.63, 3.8) is 0 Å². The van der Waals surface area contributed by atoms with Gasteiger partial charge >= 0.3 is 5.97 Å².